The molecule has 0 radical (unpaired) electrons. The molecular formula is C21H24ClN3O4. The predicted octanol–water partition coefficient (Wildman–Crippen LogP) is 2.46. The number of likely N-dealkylation sites (tertiary alicyclic amines) is 1. The Bertz CT molecular complexity index is 884. The SMILES string of the molecule is COC(=O)[C@@H]1C[C@@H](COc2ccc(-c3ccc(C(=N)N)cc3)cc2)C(=O)N1C.Cl. The minimum absolute atomic E-state index is 0. The van der Waals surface area contributed by atoms with Gasteiger partial charge in [0.15, 0.2) is 0 Å². The lowest BCUT2D eigenvalue weighted by atomic mass is 10.0. The number of hydrogen-bond acceptors (Lipinski definition) is 5. The molecule has 0 saturated carbocycles. The molecule has 2 atom stereocenters. The first-order valence-corrected chi connectivity index (χ1v) is 8.93. The summed E-state index contributed by atoms with van der Waals surface area (Å²) in [4.78, 5) is 25.5. The monoisotopic (exact) mass is 417 g/mol. The number of likely N-dealkylation sites (N-methyl/N-ethyl adjacent to an activating group) is 1. The second-order valence-electron chi connectivity index (χ2n) is 6.75. The Morgan fingerprint density at radius 2 is 1.69 bits per heavy atom. The highest BCUT2D eigenvalue weighted by atomic mass is 35.5. The quantitative estimate of drug-likeness (QED) is 0.426. The highest BCUT2D eigenvalue weighted by Crippen LogP contribution is 2.27. The smallest absolute Gasteiger partial charge is 0.328 e. The van der Waals surface area contributed by atoms with E-state index in [1.54, 1.807) is 7.05 Å². The van der Waals surface area contributed by atoms with Crippen molar-refractivity contribution in [2.24, 2.45) is 11.7 Å². The van der Waals surface area contributed by atoms with Crippen LogP contribution in [0.4, 0.5) is 0 Å². The maximum Gasteiger partial charge on any atom is 0.328 e. The van der Waals surface area contributed by atoms with Crippen LogP contribution in [-0.2, 0) is 14.3 Å². The molecule has 1 aliphatic rings. The first-order chi connectivity index (χ1) is 13.4. The van der Waals surface area contributed by atoms with Crippen molar-refractivity contribution in [3.8, 4) is 16.9 Å². The van der Waals surface area contributed by atoms with Gasteiger partial charge in [-0.15, -0.1) is 12.4 Å². The maximum absolute atomic E-state index is 12.3. The zero-order valence-electron chi connectivity index (χ0n) is 16.3. The molecule has 0 aromatic heterocycles. The summed E-state index contributed by atoms with van der Waals surface area (Å²) < 4.78 is 10.5. The van der Waals surface area contributed by atoms with Gasteiger partial charge < -0.3 is 20.1 Å². The Morgan fingerprint density at radius 1 is 1.14 bits per heavy atom. The number of nitrogen functional groups attached to an aromatic ring is 1. The zero-order chi connectivity index (χ0) is 20.3. The van der Waals surface area contributed by atoms with Gasteiger partial charge in [0, 0.05) is 12.6 Å². The number of amides is 1. The topological polar surface area (TPSA) is 106 Å². The second-order valence-corrected chi connectivity index (χ2v) is 6.75. The van der Waals surface area contributed by atoms with Gasteiger partial charge in [-0.3, -0.25) is 10.2 Å². The van der Waals surface area contributed by atoms with Crippen LogP contribution in [0.15, 0.2) is 48.5 Å². The van der Waals surface area contributed by atoms with Crippen LogP contribution in [0, 0.1) is 11.3 Å². The molecule has 2 aromatic rings. The number of benzene rings is 2. The number of methoxy groups -OCH3 is 1. The Morgan fingerprint density at radius 3 is 2.21 bits per heavy atom. The van der Waals surface area contributed by atoms with Crippen molar-refractivity contribution in [1.82, 2.24) is 4.90 Å². The molecule has 3 rings (SSSR count). The third kappa shape index (κ3) is 4.86. The van der Waals surface area contributed by atoms with Crippen molar-refractivity contribution >= 4 is 30.1 Å². The number of ether oxygens (including phenoxy) is 2. The zero-order valence-corrected chi connectivity index (χ0v) is 17.1. The van der Waals surface area contributed by atoms with Gasteiger partial charge in [0.05, 0.1) is 19.6 Å². The van der Waals surface area contributed by atoms with Crippen molar-refractivity contribution in [3.05, 3.63) is 54.1 Å². The van der Waals surface area contributed by atoms with Gasteiger partial charge in [-0.25, -0.2) is 4.79 Å². The minimum Gasteiger partial charge on any atom is -0.493 e. The molecule has 0 unspecified atom stereocenters. The van der Waals surface area contributed by atoms with Gasteiger partial charge >= 0.3 is 5.97 Å². The van der Waals surface area contributed by atoms with E-state index in [-0.39, 0.29) is 36.7 Å². The van der Waals surface area contributed by atoms with E-state index in [4.69, 9.17) is 20.6 Å². The van der Waals surface area contributed by atoms with Gasteiger partial charge in [-0.1, -0.05) is 36.4 Å². The fraction of sp³-hybridized carbons (Fsp3) is 0.286. The van der Waals surface area contributed by atoms with Gasteiger partial charge in [-0.05, 0) is 29.7 Å². The maximum atomic E-state index is 12.3. The van der Waals surface area contributed by atoms with Crippen LogP contribution in [-0.4, -0.2) is 49.4 Å². The molecule has 0 bridgehead atoms. The lowest BCUT2D eigenvalue weighted by molar-refractivity contribution is -0.148. The normalized spacial score (nSPS) is 18.1. The van der Waals surface area contributed by atoms with Gasteiger partial charge in [0.1, 0.15) is 17.6 Å². The van der Waals surface area contributed by atoms with Crippen molar-refractivity contribution in [1.29, 1.82) is 5.41 Å². The number of amidine groups is 1. The van der Waals surface area contributed by atoms with Crippen LogP contribution in [0.5, 0.6) is 5.75 Å². The molecule has 1 saturated heterocycles. The molecule has 1 fully saturated rings. The summed E-state index contributed by atoms with van der Waals surface area (Å²) in [6, 6.07) is 14.4. The number of rotatable bonds is 6. The Labute approximate surface area is 175 Å². The van der Waals surface area contributed by atoms with Crippen LogP contribution < -0.4 is 10.5 Å². The van der Waals surface area contributed by atoms with E-state index in [0.29, 0.717) is 17.7 Å². The van der Waals surface area contributed by atoms with Crippen LogP contribution in [0.3, 0.4) is 0 Å². The minimum atomic E-state index is -0.550. The molecule has 0 aliphatic carbocycles. The van der Waals surface area contributed by atoms with Crippen LogP contribution in [0.25, 0.3) is 11.1 Å². The molecule has 2 aromatic carbocycles. The molecule has 154 valence electrons. The summed E-state index contributed by atoms with van der Waals surface area (Å²) in [5.41, 5.74) is 8.16. The standard InChI is InChI=1S/C21H23N3O4.ClH/c1-24-18(21(26)27-2)11-16(20(24)25)12-28-17-9-7-14(8-10-17)13-3-5-15(6-4-13)19(22)23;/h3-10,16,18H,11-12H2,1-2H3,(H3,22,23);1H/t16-,18-;/m0./s1. The van der Waals surface area contributed by atoms with Crippen molar-refractivity contribution < 1.29 is 19.1 Å². The highest BCUT2D eigenvalue weighted by molar-refractivity contribution is 5.95. The van der Waals surface area contributed by atoms with Crippen LogP contribution >= 0.6 is 12.4 Å². The third-order valence-corrected chi connectivity index (χ3v) is 4.98. The van der Waals surface area contributed by atoms with Crippen LogP contribution in [0.1, 0.15) is 12.0 Å². The van der Waals surface area contributed by atoms with Gasteiger partial charge in [0.2, 0.25) is 5.91 Å². The molecule has 0 spiro atoms. The van der Waals surface area contributed by atoms with Crippen LogP contribution in [0.2, 0.25) is 0 Å². The summed E-state index contributed by atoms with van der Waals surface area (Å²) in [6.45, 7) is 0.212. The lowest BCUT2D eigenvalue weighted by Crippen LogP contribution is -2.36. The summed E-state index contributed by atoms with van der Waals surface area (Å²) in [5.74, 6) is -0.193. The molecule has 1 aliphatic heterocycles. The summed E-state index contributed by atoms with van der Waals surface area (Å²) in [7, 11) is 2.93. The van der Waals surface area contributed by atoms with E-state index < -0.39 is 12.0 Å². The fourth-order valence-corrected chi connectivity index (χ4v) is 3.28. The Kier molecular flexibility index (Phi) is 7.23. The molecule has 1 amide bonds. The number of halogens is 1. The van der Waals surface area contributed by atoms with Crippen molar-refractivity contribution in [3.63, 3.8) is 0 Å². The van der Waals surface area contributed by atoms with E-state index in [1.807, 2.05) is 48.5 Å². The first-order valence-electron chi connectivity index (χ1n) is 8.93. The Balaban J connectivity index is 0.00000300. The molecule has 3 N–H and O–H groups in total. The van der Waals surface area contributed by atoms with E-state index in [9.17, 15) is 9.59 Å². The number of carbonyl (C=O) groups is 2. The van der Waals surface area contributed by atoms with E-state index in [0.717, 1.165) is 11.1 Å². The average molecular weight is 418 g/mol. The Hall–Kier alpha value is -3.06. The lowest BCUT2D eigenvalue weighted by Gasteiger charge is -2.16. The van der Waals surface area contributed by atoms with Crippen molar-refractivity contribution in [2.45, 2.75) is 12.5 Å². The summed E-state index contributed by atoms with van der Waals surface area (Å²) in [6.07, 6.45) is 0.391. The summed E-state index contributed by atoms with van der Waals surface area (Å²) >= 11 is 0. The first kappa shape index (κ1) is 22.2. The largest absolute Gasteiger partial charge is 0.493 e. The van der Waals surface area contributed by atoms with E-state index >= 15 is 0 Å². The van der Waals surface area contributed by atoms with E-state index in [1.165, 1.54) is 12.0 Å². The fourth-order valence-electron chi connectivity index (χ4n) is 3.28. The number of nitrogens with two attached hydrogens (primary N) is 1. The number of esters is 1. The molecule has 29 heavy (non-hydrogen) atoms. The number of nitrogens with one attached hydrogen (secondary N) is 1. The summed E-state index contributed by atoms with van der Waals surface area (Å²) in [5, 5.41) is 7.44. The van der Waals surface area contributed by atoms with Gasteiger partial charge in [-0.2, -0.15) is 0 Å². The third-order valence-electron chi connectivity index (χ3n) is 4.98. The molecular weight excluding hydrogens is 394 g/mol. The molecule has 8 heteroatoms. The second kappa shape index (κ2) is 9.43. The number of hydrogen-bond donors (Lipinski definition) is 2. The number of carbonyl (C=O) groups excluding carboxylic acids is 2. The van der Waals surface area contributed by atoms with Crippen molar-refractivity contribution in [2.75, 3.05) is 20.8 Å². The molecule has 1 heterocycles. The van der Waals surface area contributed by atoms with Gasteiger partial charge in [0.25, 0.3) is 0 Å². The molecule has 7 nitrogen and oxygen atoms in total. The predicted molar refractivity (Wildman–Crippen MR) is 112 cm³/mol. The van der Waals surface area contributed by atoms with E-state index in [2.05, 4.69) is 0 Å². The number of nitrogens with zero attached hydrogens (tertiary/aromatic N) is 1. The average Bonchev–Trinajstić information content (AvgIpc) is 3.00. The highest BCUT2D eigenvalue weighted by Gasteiger charge is 2.42.